The molecule has 100 valence electrons. The first-order valence-electron chi connectivity index (χ1n) is 5.96. The van der Waals surface area contributed by atoms with Crippen molar-refractivity contribution in [1.82, 2.24) is 15.0 Å². The first-order chi connectivity index (χ1) is 9.66. The Morgan fingerprint density at radius 1 is 1.20 bits per heavy atom. The van der Waals surface area contributed by atoms with Crippen LogP contribution in [-0.2, 0) is 6.54 Å². The highest BCUT2D eigenvalue weighted by Gasteiger charge is 2.14. The van der Waals surface area contributed by atoms with E-state index >= 15 is 0 Å². The fourth-order valence-corrected chi connectivity index (χ4v) is 2.26. The molecule has 0 unspecified atom stereocenters. The zero-order valence-corrected chi connectivity index (χ0v) is 11.1. The van der Waals surface area contributed by atoms with Crippen LogP contribution in [0.5, 0.6) is 0 Å². The van der Waals surface area contributed by atoms with Crippen LogP contribution in [0, 0.1) is 0 Å². The normalized spacial score (nSPS) is 10.8. The number of fused-ring (bicyclic) bond motifs is 1. The van der Waals surface area contributed by atoms with Gasteiger partial charge in [-0.05, 0) is 23.8 Å². The minimum Gasteiger partial charge on any atom is -0.478 e. The molecule has 0 spiro atoms. The van der Waals surface area contributed by atoms with Gasteiger partial charge in [-0.3, -0.25) is 0 Å². The van der Waals surface area contributed by atoms with Crippen LogP contribution in [0.3, 0.4) is 0 Å². The molecule has 0 aliphatic rings. The summed E-state index contributed by atoms with van der Waals surface area (Å²) in [7, 11) is 0. The highest BCUT2D eigenvalue weighted by molar-refractivity contribution is 6.31. The van der Waals surface area contributed by atoms with Crippen molar-refractivity contribution in [3.8, 4) is 0 Å². The molecule has 1 N–H and O–H groups in total. The Hall–Kier alpha value is -2.40. The molecular weight excluding hydrogens is 278 g/mol. The van der Waals surface area contributed by atoms with Crippen LogP contribution >= 0.6 is 11.6 Å². The molecule has 20 heavy (non-hydrogen) atoms. The van der Waals surface area contributed by atoms with E-state index in [-0.39, 0.29) is 5.56 Å². The molecule has 1 heterocycles. The fourth-order valence-electron chi connectivity index (χ4n) is 2.07. The maximum Gasteiger partial charge on any atom is 0.338 e. The molecule has 5 nitrogen and oxygen atoms in total. The summed E-state index contributed by atoms with van der Waals surface area (Å²) in [6.07, 6.45) is 0. The van der Waals surface area contributed by atoms with Crippen molar-refractivity contribution in [2.24, 2.45) is 0 Å². The van der Waals surface area contributed by atoms with Gasteiger partial charge in [-0.15, -0.1) is 5.10 Å². The van der Waals surface area contributed by atoms with Gasteiger partial charge in [-0.2, -0.15) is 0 Å². The van der Waals surface area contributed by atoms with Crippen molar-refractivity contribution >= 4 is 28.6 Å². The summed E-state index contributed by atoms with van der Waals surface area (Å²) in [5.74, 6) is -1.01. The average Bonchev–Trinajstić information content (AvgIpc) is 2.84. The van der Waals surface area contributed by atoms with Crippen LogP contribution in [0.25, 0.3) is 11.0 Å². The second kappa shape index (κ2) is 4.94. The van der Waals surface area contributed by atoms with Crippen molar-refractivity contribution in [3.05, 3.63) is 58.6 Å². The molecule has 0 bridgehead atoms. The Bertz CT molecular complexity index is 798. The molecule has 3 aromatic rings. The van der Waals surface area contributed by atoms with E-state index in [1.54, 1.807) is 22.9 Å². The standard InChI is InChI=1S/C14H10ClN3O2/c15-11-6-2-1-4-9(11)8-18-12-7-3-5-10(14(19)20)13(12)16-17-18/h1-7H,8H2,(H,19,20). The Morgan fingerprint density at radius 2 is 2.00 bits per heavy atom. The molecule has 1 aromatic heterocycles. The van der Waals surface area contributed by atoms with E-state index in [2.05, 4.69) is 10.3 Å². The van der Waals surface area contributed by atoms with Gasteiger partial charge in [0.2, 0.25) is 0 Å². The highest BCUT2D eigenvalue weighted by atomic mass is 35.5. The predicted octanol–water partition coefficient (Wildman–Crippen LogP) is 2.83. The van der Waals surface area contributed by atoms with Crippen LogP contribution in [0.2, 0.25) is 5.02 Å². The summed E-state index contributed by atoms with van der Waals surface area (Å²) in [4.78, 5) is 11.1. The third kappa shape index (κ3) is 2.12. The smallest absolute Gasteiger partial charge is 0.338 e. The summed E-state index contributed by atoms with van der Waals surface area (Å²) in [6.45, 7) is 0.444. The number of aromatic carboxylic acids is 1. The van der Waals surface area contributed by atoms with Gasteiger partial charge in [0, 0.05) is 5.02 Å². The molecule has 2 aromatic carbocycles. The molecule has 0 fully saturated rings. The van der Waals surface area contributed by atoms with Crippen LogP contribution < -0.4 is 0 Å². The van der Waals surface area contributed by atoms with E-state index in [1.807, 2.05) is 18.2 Å². The summed E-state index contributed by atoms with van der Waals surface area (Å²) >= 11 is 6.12. The minimum absolute atomic E-state index is 0.146. The number of carboxylic acid groups (broad SMARTS) is 1. The molecule has 0 aliphatic carbocycles. The fraction of sp³-hybridized carbons (Fsp3) is 0.0714. The zero-order chi connectivity index (χ0) is 14.1. The van der Waals surface area contributed by atoms with Crippen LogP contribution in [0.4, 0.5) is 0 Å². The van der Waals surface area contributed by atoms with Crippen molar-refractivity contribution in [2.45, 2.75) is 6.54 Å². The third-order valence-corrected chi connectivity index (χ3v) is 3.42. The topological polar surface area (TPSA) is 68.0 Å². The van der Waals surface area contributed by atoms with E-state index in [4.69, 9.17) is 16.7 Å². The van der Waals surface area contributed by atoms with Crippen molar-refractivity contribution in [3.63, 3.8) is 0 Å². The lowest BCUT2D eigenvalue weighted by atomic mass is 10.2. The highest BCUT2D eigenvalue weighted by Crippen LogP contribution is 2.20. The summed E-state index contributed by atoms with van der Waals surface area (Å²) < 4.78 is 1.64. The number of halogens is 1. The number of nitrogens with zero attached hydrogens (tertiary/aromatic N) is 3. The van der Waals surface area contributed by atoms with E-state index in [1.165, 1.54) is 6.07 Å². The minimum atomic E-state index is -1.01. The van der Waals surface area contributed by atoms with E-state index in [0.29, 0.717) is 22.6 Å². The van der Waals surface area contributed by atoms with Gasteiger partial charge in [-0.1, -0.05) is 41.1 Å². The number of carbonyl (C=O) groups is 1. The largest absolute Gasteiger partial charge is 0.478 e. The van der Waals surface area contributed by atoms with Crippen LogP contribution in [-0.4, -0.2) is 26.1 Å². The number of hydrogen-bond donors (Lipinski definition) is 1. The quantitative estimate of drug-likeness (QED) is 0.804. The van der Waals surface area contributed by atoms with Crippen LogP contribution in [0.15, 0.2) is 42.5 Å². The predicted molar refractivity (Wildman–Crippen MR) is 75.0 cm³/mol. The van der Waals surface area contributed by atoms with Gasteiger partial charge < -0.3 is 5.11 Å². The monoisotopic (exact) mass is 287 g/mol. The van der Waals surface area contributed by atoms with Crippen LogP contribution in [0.1, 0.15) is 15.9 Å². The Kier molecular flexibility index (Phi) is 3.12. The molecule has 0 amide bonds. The summed E-state index contributed by atoms with van der Waals surface area (Å²) in [5, 5.41) is 17.7. The molecule has 0 atom stereocenters. The first-order valence-corrected chi connectivity index (χ1v) is 6.33. The molecule has 6 heteroatoms. The third-order valence-electron chi connectivity index (χ3n) is 3.05. The van der Waals surface area contributed by atoms with E-state index < -0.39 is 5.97 Å². The van der Waals surface area contributed by atoms with Gasteiger partial charge in [0.15, 0.2) is 0 Å². The van der Waals surface area contributed by atoms with Gasteiger partial charge in [0.1, 0.15) is 5.52 Å². The maximum absolute atomic E-state index is 11.1. The molecule has 3 rings (SSSR count). The number of rotatable bonds is 3. The molecule has 0 aliphatic heterocycles. The zero-order valence-electron chi connectivity index (χ0n) is 10.3. The van der Waals surface area contributed by atoms with Crippen molar-refractivity contribution in [2.75, 3.05) is 0 Å². The van der Waals surface area contributed by atoms with Crippen molar-refractivity contribution in [1.29, 1.82) is 0 Å². The second-order valence-corrected chi connectivity index (χ2v) is 4.72. The average molecular weight is 288 g/mol. The van der Waals surface area contributed by atoms with Gasteiger partial charge in [-0.25, -0.2) is 9.48 Å². The molecule has 0 saturated carbocycles. The molecular formula is C14H10ClN3O2. The SMILES string of the molecule is O=C(O)c1cccc2c1nnn2Cc1ccccc1Cl. The maximum atomic E-state index is 11.1. The number of benzene rings is 2. The van der Waals surface area contributed by atoms with Crippen molar-refractivity contribution < 1.29 is 9.90 Å². The lowest BCUT2D eigenvalue weighted by Crippen LogP contribution is -2.02. The number of hydrogen-bond acceptors (Lipinski definition) is 3. The lowest BCUT2D eigenvalue weighted by molar-refractivity contribution is 0.0699. The van der Waals surface area contributed by atoms with E-state index in [9.17, 15) is 4.79 Å². The number of carboxylic acids is 1. The molecule has 0 radical (unpaired) electrons. The Labute approximate surface area is 119 Å². The van der Waals surface area contributed by atoms with Gasteiger partial charge in [0.25, 0.3) is 0 Å². The Balaban J connectivity index is 2.08. The molecule has 0 saturated heterocycles. The van der Waals surface area contributed by atoms with Gasteiger partial charge >= 0.3 is 5.97 Å². The summed E-state index contributed by atoms with van der Waals surface area (Å²) in [5.41, 5.74) is 2.10. The number of aromatic nitrogens is 3. The second-order valence-electron chi connectivity index (χ2n) is 4.32. The summed E-state index contributed by atoms with van der Waals surface area (Å²) in [6, 6.07) is 12.4. The van der Waals surface area contributed by atoms with E-state index in [0.717, 1.165) is 5.56 Å². The first kappa shape index (κ1) is 12.6. The Morgan fingerprint density at radius 3 is 2.75 bits per heavy atom. The van der Waals surface area contributed by atoms with Gasteiger partial charge in [0.05, 0.1) is 17.6 Å². The lowest BCUT2D eigenvalue weighted by Gasteiger charge is -2.04.